The van der Waals surface area contributed by atoms with Crippen LogP contribution in [0.1, 0.15) is 20.3 Å². The maximum Gasteiger partial charge on any atom is 0.248 e. The first-order valence-electron chi connectivity index (χ1n) is 7.06. The molecule has 8 nitrogen and oxygen atoms in total. The Morgan fingerprint density at radius 3 is 2.29 bits per heavy atom. The van der Waals surface area contributed by atoms with Crippen LogP contribution in [0.25, 0.3) is 0 Å². The summed E-state index contributed by atoms with van der Waals surface area (Å²) >= 11 is 0. The van der Waals surface area contributed by atoms with E-state index in [1.165, 1.54) is 0 Å². The first-order valence-corrected chi connectivity index (χ1v) is 7.06. The second-order valence-corrected chi connectivity index (χ2v) is 4.83. The Morgan fingerprint density at radius 2 is 1.67 bits per heavy atom. The lowest BCUT2D eigenvalue weighted by atomic mass is 10.2. The third-order valence-corrected chi connectivity index (χ3v) is 2.34. The highest BCUT2D eigenvalue weighted by molar-refractivity contribution is 5.77. The predicted octanol–water partition coefficient (Wildman–Crippen LogP) is -0.812. The van der Waals surface area contributed by atoms with Crippen molar-refractivity contribution in [2.24, 2.45) is 11.8 Å². The molecule has 0 bridgehead atoms. The van der Waals surface area contributed by atoms with Gasteiger partial charge in [0, 0.05) is 19.5 Å². The first-order chi connectivity index (χ1) is 10.1. The largest absolute Gasteiger partial charge is 0.379 e. The Morgan fingerprint density at radius 1 is 1.00 bits per heavy atom. The van der Waals surface area contributed by atoms with Gasteiger partial charge in [-0.3, -0.25) is 14.4 Å². The topological polar surface area (TPSA) is 112 Å². The van der Waals surface area contributed by atoms with Crippen LogP contribution >= 0.6 is 0 Å². The molecule has 0 aromatic heterocycles. The van der Waals surface area contributed by atoms with E-state index in [2.05, 4.69) is 15.5 Å². The molecule has 0 aromatic carbocycles. The van der Waals surface area contributed by atoms with Crippen LogP contribution in [0, 0.1) is 5.92 Å². The zero-order valence-corrected chi connectivity index (χ0v) is 12.9. The minimum atomic E-state index is -0.287. The van der Waals surface area contributed by atoms with Crippen molar-refractivity contribution < 1.29 is 23.9 Å². The molecule has 8 heteroatoms. The van der Waals surface area contributed by atoms with Gasteiger partial charge in [-0.1, -0.05) is 13.8 Å². The van der Waals surface area contributed by atoms with Crippen molar-refractivity contribution >= 4 is 11.8 Å². The van der Waals surface area contributed by atoms with Gasteiger partial charge in [0.25, 0.3) is 0 Å². The van der Waals surface area contributed by atoms with E-state index in [4.69, 9.17) is 15.4 Å². The first kappa shape index (κ1) is 19.8. The molecule has 0 aliphatic carbocycles. The highest BCUT2D eigenvalue weighted by Crippen LogP contribution is 1.89. The summed E-state index contributed by atoms with van der Waals surface area (Å²) in [5.41, 5.74) is 0. The highest BCUT2D eigenvalue weighted by Gasteiger charge is 2.02. The summed E-state index contributed by atoms with van der Waals surface area (Å²) in [6.45, 7) is 6.57. The van der Waals surface area contributed by atoms with Gasteiger partial charge in [-0.15, -0.1) is 0 Å². The van der Waals surface area contributed by atoms with Crippen LogP contribution in [0.3, 0.4) is 0 Å². The molecule has 0 rings (SSSR count). The normalized spacial score (nSPS) is 10.7. The molecule has 0 radical (unpaired) electrons. The summed E-state index contributed by atoms with van der Waals surface area (Å²) in [6.07, 6.45) is 0.349. The predicted molar refractivity (Wildman–Crippen MR) is 77.3 cm³/mol. The molecule has 124 valence electrons. The smallest absolute Gasteiger partial charge is 0.248 e. The Labute approximate surface area is 125 Å². The molecule has 2 amide bonds. The van der Waals surface area contributed by atoms with E-state index >= 15 is 0 Å². The van der Waals surface area contributed by atoms with Crippen molar-refractivity contribution in [3.05, 3.63) is 0 Å². The fourth-order valence-electron chi connectivity index (χ4n) is 1.28. The molecule has 21 heavy (non-hydrogen) atoms. The lowest BCUT2D eigenvalue weighted by molar-refractivity contribution is -0.126. The van der Waals surface area contributed by atoms with Crippen LogP contribution < -0.4 is 16.5 Å². The van der Waals surface area contributed by atoms with Gasteiger partial charge >= 0.3 is 0 Å². The zero-order chi connectivity index (χ0) is 15.9. The van der Waals surface area contributed by atoms with Gasteiger partial charge in [0.2, 0.25) is 11.8 Å². The molecule has 0 aliphatic rings. The fraction of sp³-hybridized carbons (Fsp3) is 0.846. The number of amides is 2. The average Bonchev–Trinajstić information content (AvgIpc) is 2.43. The number of nitrogens with one attached hydrogen (secondary N) is 2. The summed E-state index contributed by atoms with van der Waals surface area (Å²) in [5, 5.41) is 5.37. The average molecular weight is 305 g/mol. The fourth-order valence-corrected chi connectivity index (χ4v) is 1.28. The summed E-state index contributed by atoms with van der Waals surface area (Å²) < 4.78 is 10.5. The number of hydrogen-bond donors (Lipinski definition) is 3. The second-order valence-electron chi connectivity index (χ2n) is 4.83. The number of nitrogens with two attached hydrogens (primary N) is 1. The monoisotopic (exact) mass is 305 g/mol. The third kappa shape index (κ3) is 15.0. The van der Waals surface area contributed by atoms with Crippen LogP contribution in [0.5, 0.6) is 0 Å². The number of carbonyl (C=O) groups excluding carboxylic acids is 2. The second kappa shape index (κ2) is 13.7. The van der Waals surface area contributed by atoms with E-state index in [0.29, 0.717) is 51.9 Å². The van der Waals surface area contributed by atoms with Gasteiger partial charge in [-0.25, -0.2) is 5.90 Å². The summed E-state index contributed by atoms with van der Waals surface area (Å²) in [7, 11) is 0. The van der Waals surface area contributed by atoms with Crippen LogP contribution in [-0.4, -0.2) is 57.9 Å². The molecule has 0 aliphatic heterocycles. The van der Waals surface area contributed by atoms with E-state index in [-0.39, 0.29) is 18.4 Å². The number of rotatable bonds is 13. The van der Waals surface area contributed by atoms with Crippen LogP contribution in [0.2, 0.25) is 0 Å². The van der Waals surface area contributed by atoms with Crippen molar-refractivity contribution in [3.63, 3.8) is 0 Å². The number of carbonyl (C=O) groups is 2. The van der Waals surface area contributed by atoms with Crippen molar-refractivity contribution in [1.29, 1.82) is 0 Å². The lowest BCUT2D eigenvalue weighted by Gasteiger charge is -2.08. The van der Waals surface area contributed by atoms with E-state index < -0.39 is 0 Å². The van der Waals surface area contributed by atoms with Crippen molar-refractivity contribution in [2.45, 2.75) is 20.3 Å². The Balaban J connectivity index is 3.22. The lowest BCUT2D eigenvalue weighted by Crippen LogP contribution is -2.31. The number of hydrogen-bond acceptors (Lipinski definition) is 6. The Bertz CT molecular complexity index is 287. The van der Waals surface area contributed by atoms with Gasteiger partial charge in [0.15, 0.2) is 0 Å². The van der Waals surface area contributed by atoms with Crippen molar-refractivity contribution in [2.75, 3.05) is 46.1 Å². The van der Waals surface area contributed by atoms with E-state index in [9.17, 15) is 9.59 Å². The molecule has 0 unspecified atom stereocenters. The Kier molecular flexibility index (Phi) is 13.0. The molecular formula is C13H27N3O5. The van der Waals surface area contributed by atoms with Crippen molar-refractivity contribution in [3.8, 4) is 0 Å². The third-order valence-electron chi connectivity index (χ3n) is 2.34. The van der Waals surface area contributed by atoms with Crippen LogP contribution in [-0.2, 0) is 23.9 Å². The molecule has 0 fully saturated rings. The summed E-state index contributed by atoms with van der Waals surface area (Å²) in [6, 6.07) is 0. The minimum Gasteiger partial charge on any atom is -0.379 e. The summed E-state index contributed by atoms with van der Waals surface area (Å²) in [5.74, 6) is 4.90. The standard InChI is InChI=1S/C13H27N3O5/c1-11(2)9-16-12(17)3-5-19-7-8-20-6-4-15-13(18)10-21-14/h11H,3-10,14H2,1-2H3,(H,15,18)(H,16,17). The maximum atomic E-state index is 11.4. The summed E-state index contributed by atoms with van der Waals surface area (Å²) in [4.78, 5) is 26.5. The number of ether oxygens (including phenoxy) is 2. The van der Waals surface area contributed by atoms with E-state index in [0.717, 1.165) is 0 Å². The van der Waals surface area contributed by atoms with Gasteiger partial charge in [-0.05, 0) is 5.92 Å². The molecular weight excluding hydrogens is 278 g/mol. The maximum absolute atomic E-state index is 11.4. The molecule has 0 spiro atoms. The van der Waals surface area contributed by atoms with Gasteiger partial charge < -0.3 is 20.1 Å². The highest BCUT2D eigenvalue weighted by atomic mass is 16.6. The SMILES string of the molecule is CC(C)CNC(=O)CCOCCOCCNC(=O)CON. The molecule has 0 atom stereocenters. The molecule has 0 aromatic rings. The van der Waals surface area contributed by atoms with Crippen LogP contribution in [0.15, 0.2) is 0 Å². The van der Waals surface area contributed by atoms with E-state index in [1.54, 1.807) is 0 Å². The van der Waals surface area contributed by atoms with Crippen molar-refractivity contribution in [1.82, 2.24) is 10.6 Å². The Hall–Kier alpha value is -1.22. The zero-order valence-electron chi connectivity index (χ0n) is 12.9. The molecule has 4 N–H and O–H groups in total. The molecule has 0 saturated carbocycles. The van der Waals surface area contributed by atoms with Gasteiger partial charge in [-0.2, -0.15) is 0 Å². The van der Waals surface area contributed by atoms with Crippen LogP contribution in [0.4, 0.5) is 0 Å². The van der Waals surface area contributed by atoms with Gasteiger partial charge in [0.1, 0.15) is 6.61 Å². The minimum absolute atomic E-state index is 0.00514. The van der Waals surface area contributed by atoms with Gasteiger partial charge in [0.05, 0.1) is 26.4 Å². The molecule has 0 heterocycles. The van der Waals surface area contributed by atoms with E-state index in [1.807, 2.05) is 13.8 Å². The quantitative estimate of drug-likeness (QED) is 0.303. The molecule has 0 saturated heterocycles.